The van der Waals surface area contributed by atoms with Crippen molar-refractivity contribution in [1.29, 1.82) is 0 Å². The molecule has 1 aliphatic rings. The van der Waals surface area contributed by atoms with Crippen molar-refractivity contribution in [3.63, 3.8) is 0 Å². The van der Waals surface area contributed by atoms with Gasteiger partial charge in [-0.25, -0.2) is 0 Å². The standard InChI is InChI=1S/C23H32N2O3/c1-24-14-11-20(12-15-24)18-25(23(26)10-9-22-4-3-17-28-22)16-13-19-5-7-21(27-2)8-6-19/h3-8,17,20H,9-16,18H2,1-2H3. The molecule has 0 aliphatic carbocycles. The van der Waals surface area contributed by atoms with Crippen molar-refractivity contribution in [2.24, 2.45) is 5.92 Å². The van der Waals surface area contributed by atoms with Gasteiger partial charge < -0.3 is 19.0 Å². The van der Waals surface area contributed by atoms with Crippen molar-refractivity contribution in [1.82, 2.24) is 9.80 Å². The van der Waals surface area contributed by atoms with E-state index in [0.29, 0.717) is 18.8 Å². The van der Waals surface area contributed by atoms with Crippen LogP contribution in [-0.4, -0.2) is 56.0 Å². The van der Waals surface area contributed by atoms with Gasteiger partial charge in [0.1, 0.15) is 11.5 Å². The molecule has 0 radical (unpaired) electrons. The molecule has 1 amide bonds. The maximum absolute atomic E-state index is 13.0. The summed E-state index contributed by atoms with van der Waals surface area (Å²) in [5.41, 5.74) is 1.23. The second-order valence-electron chi connectivity index (χ2n) is 7.76. The lowest BCUT2D eigenvalue weighted by Crippen LogP contribution is -2.40. The van der Waals surface area contributed by atoms with Gasteiger partial charge in [-0.2, -0.15) is 0 Å². The molecule has 5 nitrogen and oxygen atoms in total. The van der Waals surface area contributed by atoms with Gasteiger partial charge in [-0.15, -0.1) is 0 Å². The minimum Gasteiger partial charge on any atom is -0.497 e. The predicted molar refractivity (Wildman–Crippen MR) is 111 cm³/mol. The minimum atomic E-state index is 0.226. The van der Waals surface area contributed by atoms with Crippen molar-refractivity contribution < 1.29 is 13.9 Å². The van der Waals surface area contributed by atoms with E-state index in [-0.39, 0.29) is 5.91 Å². The molecule has 0 atom stereocenters. The van der Waals surface area contributed by atoms with Gasteiger partial charge >= 0.3 is 0 Å². The Bertz CT molecular complexity index is 704. The lowest BCUT2D eigenvalue weighted by molar-refractivity contribution is -0.132. The first kappa shape index (κ1) is 20.5. The number of nitrogens with zero attached hydrogens (tertiary/aromatic N) is 2. The monoisotopic (exact) mass is 384 g/mol. The molecule has 1 saturated heterocycles. The van der Waals surface area contributed by atoms with Gasteiger partial charge in [0.05, 0.1) is 13.4 Å². The minimum absolute atomic E-state index is 0.226. The zero-order valence-electron chi connectivity index (χ0n) is 17.1. The van der Waals surface area contributed by atoms with Crippen LogP contribution in [0.15, 0.2) is 47.1 Å². The third-order valence-corrected chi connectivity index (χ3v) is 5.66. The highest BCUT2D eigenvalue weighted by Crippen LogP contribution is 2.19. The Balaban J connectivity index is 1.57. The zero-order valence-corrected chi connectivity index (χ0v) is 17.1. The Hall–Kier alpha value is -2.27. The number of carbonyl (C=O) groups excluding carboxylic acids is 1. The predicted octanol–water partition coefficient (Wildman–Crippen LogP) is 3.63. The molecule has 152 valence electrons. The molecule has 0 saturated carbocycles. The molecule has 1 fully saturated rings. The molecule has 28 heavy (non-hydrogen) atoms. The summed E-state index contributed by atoms with van der Waals surface area (Å²) >= 11 is 0. The van der Waals surface area contributed by atoms with E-state index in [1.54, 1.807) is 13.4 Å². The molecule has 0 unspecified atom stereocenters. The van der Waals surface area contributed by atoms with Crippen LogP contribution in [-0.2, 0) is 17.6 Å². The molecule has 1 aromatic carbocycles. The Morgan fingerprint density at radius 3 is 2.57 bits per heavy atom. The normalized spacial score (nSPS) is 15.5. The zero-order chi connectivity index (χ0) is 19.8. The van der Waals surface area contributed by atoms with Crippen LogP contribution in [0.2, 0.25) is 0 Å². The number of hydrogen-bond donors (Lipinski definition) is 0. The number of furan rings is 1. The van der Waals surface area contributed by atoms with Gasteiger partial charge in [-0.3, -0.25) is 4.79 Å². The SMILES string of the molecule is COc1ccc(CCN(CC2CCN(C)CC2)C(=O)CCc2ccco2)cc1. The van der Waals surface area contributed by atoms with Gasteiger partial charge in [0.15, 0.2) is 0 Å². The van der Waals surface area contributed by atoms with Crippen LogP contribution in [0.1, 0.15) is 30.6 Å². The first-order valence-electron chi connectivity index (χ1n) is 10.3. The quantitative estimate of drug-likeness (QED) is 0.662. The van der Waals surface area contributed by atoms with Crippen LogP contribution in [0, 0.1) is 5.92 Å². The fourth-order valence-corrected chi connectivity index (χ4v) is 3.77. The highest BCUT2D eigenvalue weighted by molar-refractivity contribution is 5.76. The number of likely N-dealkylation sites (tertiary alicyclic amines) is 1. The Morgan fingerprint density at radius 1 is 1.18 bits per heavy atom. The smallest absolute Gasteiger partial charge is 0.223 e. The van der Waals surface area contributed by atoms with Crippen molar-refractivity contribution in [3.8, 4) is 5.75 Å². The van der Waals surface area contributed by atoms with E-state index in [0.717, 1.165) is 44.1 Å². The van der Waals surface area contributed by atoms with E-state index in [1.165, 1.54) is 18.4 Å². The van der Waals surface area contributed by atoms with E-state index in [9.17, 15) is 4.79 Å². The molecular formula is C23H32N2O3. The lowest BCUT2D eigenvalue weighted by Gasteiger charge is -2.33. The fraction of sp³-hybridized carbons (Fsp3) is 0.522. The summed E-state index contributed by atoms with van der Waals surface area (Å²) in [7, 11) is 3.85. The molecule has 2 heterocycles. The summed E-state index contributed by atoms with van der Waals surface area (Å²) < 4.78 is 10.6. The fourth-order valence-electron chi connectivity index (χ4n) is 3.77. The number of carbonyl (C=O) groups is 1. The van der Waals surface area contributed by atoms with Crippen LogP contribution < -0.4 is 4.74 Å². The topological polar surface area (TPSA) is 45.9 Å². The van der Waals surface area contributed by atoms with E-state index in [1.807, 2.05) is 24.3 Å². The highest BCUT2D eigenvalue weighted by atomic mass is 16.5. The molecule has 1 aromatic heterocycles. The van der Waals surface area contributed by atoms with E-state index in [4.69, 9.17) is 9.15 Å². The van der Waals surface area contributed by atoms with Gasteiger partial charge in [0.2, 0.25) is 5.91 Å². The average molecular weight is 385 g/mol. The molecule has 3 rings (SSSR count). The second-order valence-corrected chi connectivity index (χ2v) is 7.76. The summed E-state index contributed by atoms with van der Waals surface area (Å²) in [5.74, 6) is 2.56. The highest BCUT2D eigenvalue weighted by Gasteiger charge is 2.22. The summed E-state index contributed by atoms with van der Waals surface area (Å²) in [6.07, 6.45) is 6.03. The maximum Gasteiger partial charge on any atom is 0.223 e. The number of piperidine rings is 1. The van der Waals surface area contributed by atoms with Gasteiger partial charge in [0.25, 0.3) is 0 Å². The summed E-state index contributed by atoms with van der Waals surface area (Å²) in [5, 5.41) is 0. The molecule has 1 aliphatic heterocycles. The first-order chi connectivity index (χ1) is 13.6. The molecule has 5 heteroatoms. The van der Waals surface area contributed by atoms with Gasteiger partial charge in [-0.05, 0) is 75.1 Å². The Labute approximate surface area is 168 Å². The third kappa shape index (κ3) is 6.13. The number of hydrogen-bond acceptors (Lipinski definition) is 4. The largest absolute Gasteiger partial charge is 0.497 e. The summed E-state index contributed by atoms with van der Waals surface area (Å²) in [6.45, 7) is 3.87. The average Bonchev–Trinajstić information content (AvgIpc) is 3.25. The number of rotatable bonds is 9. The van der Waals surface area contributed by atoms with Crippen molar-refractivity contribution >= 4 is 5.91 Å². The molecule has 0 N–H and O–H groups in total. The third-order valence-electron chi connectivity index (χ3n) is 5.66. The number of benzene rings is 1. The van der Waals surface area contributed by atoms with Crippen molar-refractivity contribution in [2.45, 2.75) is 32.1 Å². The molecule has 2 aromatic rings. The maximum atomic E-state index is 13.0. The van der Waals surface area contributed by atoms with Crippen molar-refractivity contribution in [2.75, 3.05) is 40.3 Å². The van der Waals surface area contributed by atoms with Crippen LogP contribution in [0.5, 0.6) is 5.75 Å². The summed E-state index contributed by atoms with van der Waals surface area (Å²) in [6, 6.07) is 11.9. The van der Waals surface area contributed by atoms with Crippen LogP contribution in [0.25, 0.3) is 0 Å². The van der Waals surface area contributed by atoms with Crippen LogP contribution >= 0.6 is 0 Å². The Kier molecular flexibility index (Phi) is 7.54. The number of aryl methyl sites for hydroxylation is 1. The first-order valence-corrected chi connectivity index (χ1v) is 10.3. The molecule has 0 bridgehead atoms. The van der Waals surface area contributed by atoms with Crippen LogP contribution in [0.4, 0.5) is 0 Å². The Morgan fingerprint density at radius 2 is 1.93 bits per heavy atom. The lowest BCUT2D eigenvalue weighted by atomic mass is 9.96. The number of methoxy groups -OCH3 is 1. The van der Waals surface area contributed by atoms with Gasteiger partial charge in [-0.1, -0.05) is 12.1 Å². The molecular weight excluding hydrogens is 352 g/mol. The van der Waals surface area contributed by atoms with Crippen LogP contribution in [0.3, 0.4) is 0 Å². The van der Waals surface area contributed by atoms with Gasteiger partial charge in [0, 0.05) is 25.9 Å². The van der Waals surface area contributed by atoms with E-state index >= 15 is 0 Å². The van der Waals surface area contributed by atoms with Crippen molar-refractivity contribution in [3.05, 3.63) is 54.0 Å². The second kappa shape index (κ2) is 10.3. The number of amides is 1. The summed E-state index contributed by atoms with van der Waals surface area (Å²) in [4.78, 5) is 17.4. The number of ether oxygens (including phenoxy) is 1. The van der Waals surface area contributed by atoms with E-state index < -0.39 is 0 Å². The molecule has 0 spiro atoms. The van der Waals surface area contributed by atoms with E-state index in [2.05, 4.69) is 29.0 Å².